The molecule has 4 heteroatoms. The fraction of sp³-hybridized carbons (Fsp3) is 0.647. The van der Waals surface area contributed by atoms with E-state index >= 15 is 0 Å². The van der Waals surface area contributed by atoms with Gasteiger partial charge in [0.15, 0.2) is 0 Å². The van der Waals surface area contributed by atoms with E-state index < -0.39 is 12.1 Å². The summed E-state index contributed by atoms with van der Waals surface area (Å²) in [5.41, 5.74) is 8.57. The number of hydrogen-bond acceptors (Lipinski definition) is 1. The Morgan fingerprint density at radius 3 is 2.33 bits per heavy atom. The van der Waals surface area contributed by atoms with E-state index in [4.69, 9.17) is 5.73 Å². The van der Waals surface area contributed by atoms with Crippen molar-refractivity contribution < 1.29 is 13.2 Å². The Bertz CT molecular complexity index is 438. The molecule has 0 saturated heterocycles. The first kappa shape index (κ1) is 16.3. The van der Waals surface area contributed by atoms with Crippen LogP contribution in [0.3, 0.4) is 0 Å². The van der Waals surface area contributed by atoms with Gasteiger partial charge in [-0.25, -0.2) is 0 Å². The molecule has 1 aliphatic carbocycles. The van der Waals surface area contributed by atoms with Crippen molar-refractivity contribution in [2.75, 3.05) is 0 Å². The van der Waals surface area contributed by atoms with Gasteiger partial charge < -0.3 is 5.73 Å². The van der Waals surface area contributed by atoms with E-state index in [1.807, 2.05) is 12.1 Å². The summed E-state index contributed by atoms with van der Waals surface area (Å²) in [4.78, 5) is 0. The first-order valence-electron chi connectivity index (χ1n) is 7.80. The van der Waals surface area contributed by atoms with Crippen molar-refractivity contribution in [1.29, 1.82) is 0 Å². The lowest BCUT2D eigenvalue weighted by molar-refractivity contribution is -0.186. The van der Waals surface area contributed by atoms with Gasteiger partial charge in [0.2, 0.25) is 0 Å². The maximum Gasteiger partial charge on any atom is 0.391 e. The molecule has 3 atom stereocenters. The molecule has 1 aromatic rings. The van der Waals surface area contributed by atoms with Crippen molar-refractivity contribution in [3.63, 3.8) is 0 Å². The molecule has 0 aromatic heterocycles. The van der Waals surface area contributed by atoms with Crippen molar-refractivity contribution in [3.05, 3.63) is 35.4 Å². The third kappa shape index (κ3) is 4.47. The van der Waals surface area contributed by atoms with Crippen LogP contribution in [0.15, 0.2) is 24.3 Å². The van der Waals surface area contributed by atoms with Crippen LogP contribution in [0.2, 0.25) is 0 Å². The van der Waals surface area contributed by atoms with E-state index in [0.29, 0.717) is 12.8 Å². The zero-order chi connectivity index (χ0) is 15.5. The molecule has 1 nitrogen and oxygen atoms in total. The van der Waals surface area contributed by atoms with Crippen LogP contribution in [0.4, 0.5) is 13.2 Å². The minimum absolute atomic E-state index is 0.0174. The van der Waals surface area contributed by atoms with Gasteiger partial charge in [-0.05, 0) is 49.1 Å². The summed E-state index contributed by atoms with van der Waals surface area (Å²) in [7, 11) is 0. The number of aryl methyl sites for hydroxylation is 1. The Morgan fingerprint density at radius 1 is 1.14 bits per heavy atom. The second-order valence-corrected chi connectivity index (χ2v) is 6.20. The monoisotopic (exact) mass is 299 g/mol. The molecule has 1 saturated carbocycles. The highest BCUT2D eigenvalue weighted by molar-refractivity contribution is 5.23. The predicted molar refractivity (Wildman–Crippen MR) is 79.0 cm³/mol. The normalized spacial score (nSPS) is 24.8. The Morgan fingerprint density at radius 2 is 1.76 bits per heavy atom. The van der Waals surface area contributed by atoms with Gasteiger partial charge in [-0.1, -0.05) is 37.6 Å². The lowest BCUT2D eigenvalue weighted by Gasteiger charge is -2.33. The zero-order valence-corrected chi connectivity index (χ0v) is 12.5. The van der Waals surface area contributed by atoms with Gasteiger partial charge in [-0.15, -0.1) is 0 Å². The van der Waals surface area contributed by atoms with Crippen molar-refractivity contribution in [1.82, 2.24) is 0 Å². The molecule has 0 aliphatic heterocycles. The van der Waals surface area contributed by atoms with Gasteiger partial charge >= 0.3 is 6.18 Å². The van der Waals surface area contributed by atoms with Crippen LogP contribution in [0.25, 0.3) is 0 Å². The average Bonchev–Trinajstić information content (AvgIpc) is 2.47. The summed E-state index contributed by atoms with van der Waals surface area (Å²) in [6.07, 6.45) is -0.504. The fourth-order valence-electron chi connectivity index (χ4n) is 3.26. The smallest absolute Gasteiger partial charge is 0.327 e. The van der Waals surface area contributed by atoms with Crippen LogP contribution in [-0.2, 0) is 12.8 Å². The van der Waals surface area contributed by atoms with Crippen molar-refractivity contribution in [2.24, 2.45) is 17.6 Å². The highest BCUT2D eigenvalue weighted by atomic mass is 19.4. The van der Waals surface area contributed by atoms with E-state index in [1.165, 1.54) is 5.56 Å². The maximum atomic E-state index is 12.8. The number of halogens is 3. The molecular formula is C17H24F3N. The largest absolute Gasteiger partial charge is 0.391 e. The summed E-state index contributed by atoms with van der Waals surface area (Å²) in [5, 5.41) is 0. The van der Waals surface area contributed by atoms with Gasteiger partial charge in [-0.2, -0.15) is 13.2 Å². The van der Waals surface area contributed by atoms with E-state index in [0.717, 1.165) is 18.4 Å². The SMILES string of the molecule is CCc1ccc(CC(N)C2CCCC(C(F)(F)F)C2)cc1. The molecule has 0 heterocycles. The van der Waals surface area contributed by atoms with Gasteiger partial charge in [-0.3, -0.25) is 0 Å². The van der Waals surface area contributed by atoms with Gasteiger partial charge in [0.05, 0.1) is 5.92 Å². The first-order chi connectivity index (χ1) is 9.90. The average molecular weight is 299 g/mol. The maximum absolute atomic E-state index is 12.8. The summed E-state index contributed by atoms with van der Waals surface area (Å²) < 4.78 is 38.5. The van der Waals surface area contributed by atoms with Crippen LogP contribution >= 0.6 is 0 Å². The molecule has 0 spiro atoms. The standard InChI is InChI=1S/C17H24F3N/c1-2-12-6-8-13(9-7-12)10-16(21)14-4-3-5-15(11-14)17(18,19)20/h6-9,14-16H,2-5,10-11,21H2,1H3. The Hall–Kier alpha value is -1.03. The van der Waals surface area contributed by atoms with Crippen LogP contribution in [0, 0.1) is 11.8 Å². The highest BCUT2D eigenvalue weighted by Gasteiger charge is 2.43. The number of rotatable bonds is 4. The number of nitrogens with two attached hydrogens (primary N) is 1. The molecule has 3 unspecified atom stereocenters. The lowest BCUT2D eigenvalue weighted by atomic mass is 9.76. The second kappa shape index (κ2) is 6.82. The summed E-state index contributed by atoms with van der Waals surface area (Å²) in [6, 6.07) is 8.05. The Balaban J connectivity index is 1.94. The molecule has 118 valence electrons. The highest BCUT2D eigenvalue weighted by Crippen LogP contribution is 2.40. The third-order valence-electron chi connectivity index (χ3n) is 4.69. The molecule has 0 bridgehead atoms. The number of benzene rings is 1. The van der Waals surface area contributed by atoms with Crippen molar-refractivity contribution in [3.8, 4) is 0 Å². The molecule has 2 rings (SSSR count). The zero-order valence-electron chi connectivity index (χ0n) is 12.5. The van der Waals surface area contributed by atoms with E-state index in [9.17, 15) is 13.2 Å². The van der Waals surface area contributed by atoms with E-state index in [1.54, 1.807) is 0 Å². The predicted octanol–water partition coefficient (Wildman–Crippen LogP) is 4.49. The molecular weight excluding hydrogens is 275 g/mol. The van der Waals surface area contributed by atoms with E-state index in [2.05, 4.69) is 19.1 Å². The Kier molecular flexibility index (Phi) is 5.31. The first-order valence-corrected chi connectivity index (χ1v) is 7.80. The lowest BCUT2D eigenvalue weighted by Crippen LogP contribution is -2.38. The molecule has 1 aliphatic rings. The van der Waals surface area contributed by atoms with Gasteiger partial charge in [0.25, 0.3) is 0 Å². The van der Waals surface area contributed by atoms with E-state index in [-0.39, 0.29) is 24.8 Å². The topological polar surface area (TPSA) is 26.0 Å². The van der Waals surface area contributed by atoms with Gasteiger partial charge in [0.1, 0.15) is 0 Å². The molecule has 0 amide bonds. The Labute approximate surface area is 124 Å². The fourth-order valence-corrected chi connectivity index (χ4v) is 3.26. The van der Waals surface area contributed by atoms with Gasteiger partial charge in [0, 0.05) is 6.04 Å². The molecule has 1 fully saturated rings. The second-order valence-electron chi connectivity index (χ2n) is 6.20. The third-order valence-corrected chi connectivity index (χ3v) is 4.69. The summed E-state index contributed by atoms with van der Waals surface area (Å²) in [6.45, 7) is 2.10. The minimum Gasteiger partial charge on any atom is -0.327 e. The van der Waals surface area contributed by atoms with Crippen molar-refractivity contribution in [2.45, 2.75) is 57.7 Å². The van der Waals surface area contributed by atoms with Crippen LogP contribution in [0.1, 0.15) is 43.7 Å². The molecule has 21 heavy (non-hydrogen) atoms. The molecule has 2 N–H and O–H groups in total. The quantitative estimate of drug-likeness (QED) is 0.871. The summed E-state index contributed by atoms with van der Waals surface area (Å²) >= 11 is 0. The van der Waals surface area contributed by atoms with Crippen molar-refractivity contribution >= 4 is 0 Å². The number of alkyl halides is 3. The van der Waals surface area contributed by atoms with Crippen LogP contribution in [0.5, 0.6) is 0 Å². The van der Waals surface area contributed by atoms with Crippen LogP contribution < -0.4 is 5.73 Å². The molecule has 0 radical (unpaired) electrons. The van der Waals surface area contributed by atoms with Crippen LogP contribution in [-0.4, -0.2) is 12.2 Å². The minimum atomic E-state index is -4.07. The molecule has 1 aromatic carbocycles. The number of hydrogen-bond donors (Lipinski definition) is 1. The summed E-state index contributed by atoms with van der Waals surface area (Å²) in [5.74, 6) is -1.18.